The summed E-state index contributed by atoms with van der Waals surface area (Å²) in [4.78, 5) is 14.0. The second-order valence-corrected chi connectivity index (χ2v) is 6.65. The standard InChI is InChI=1S/C13H23N3O3S/c1-5-10(3)8-15(4)13(17)12-7-11(20(14,18)19)9-16(12)6-2/h7,9-10H,5-6,8H2,1-4H3,(H2,14,18,19). The van der Waals surface area contributed by atoms with Crippen molar-refractivity contribution in [2.45, 2.75) is 38.6 Å². The molecular weight excluding hydrogens is 278 g/mol. The average Bonchev–Trinajstić information content (AvgIpc) is 2.81. The topological polar surface area (TPSA) is 85.4 Å². The first-order chi connectivity index (χ1) is 9.20. The maximum absolute atomic E-state index is 12.4. The quantitative estimate of drug-likeness (QED) is 0.858. The number of primary sulfonamides is 1. The third kappa shape index (κ3) is 3.83. The van der Waals surface area contributed by atoms with E-state index >= 15 is 0 Å². The summed E-state index contributed by atoms with van der Waals surface area (Å²) in [5, 5.41) is 5.11. The Labute approximate surface area is 120 Å². The van der Waals surface area contributed by atoms with E-state index in [-0.39, 0.29) is 10.8 Å². The maximum atomic E-state index is 12.4. The summed E-state index contributed by atoms with van der Waals surface area (Å²) in [5.41, 5.74) is 0.349. The number of sulfonamides is 1. The Morgan fingerprint density at radius 3 is 2.50 bits per heavy atom. The minimum absolute atomic E-state index is 0.0281. The number of hydrogen-bond acceptors (Lipinski definition) is 3. The molecule has 0 fully saturated rings. The number of carbonyl (C=O) groups is 1. The molecule has 7 heteroatoms. The summed E-state index contributed by atoms with van der Waals surface area (Å²) < 4.78 is 24.3. The van der Waals surface area contributed by atoms with Gasteiger partial charge in [0.05, 0.1) is 0 Å². The lowest BCUT2D eigenvalue weighted by molar-refractivity contribution is 0.0764. The number of carbonyl (C=O) groups excluding carboxylic acids is 1. The van der Waals surface area contributed by atoms with Crippen molar-refractivity contribution in [2.75, 3.05) is 13.6 Å². The van der Waals surface area contributed by atoms with Gasteiger partial charge in [-0.1, -0.05) is 20.3 Å². The van der Waals surface area contributed by atoms with Crippen LogP contribution in [-0.2, 0) is 16.6 Å². The summed E-state index contributed by atoms with van der Waals surface area (Å²) in [7, 11) is -2.07. The van der Waals surface area contributed by atoms with Gasteiger partial charge in [0.2, 0.25) is 10.0 Å². The van der Waals surface area contributed by atoms with Crippen LogP contribution in [0.5, 0.6) is 0 Å². The molecule has 1 rings (SSSR count). The zero-order valence-electron chi connectivity index (χ0n) is 12.5. The average molecular weight is 301 g/mol. The van der Waals surface area contributed by atoms with E-state index in [1.54, 1.807) is 16.5 Å². The van der Waals surface area contributed by atoms with Gasteiger partial charge in [-0.2, -0.15) is 0 Å². The molecule has 1 heterocycles. The zero-order valence-corrected chi connectivity index (χ0v) is 13.3. The number of nitrogens with zero attached hydrogens (tertiary/aromatic N) is 2. The number of aromatic nitrogens is 1. The number of hydrogen-bond donors (Lipinski definition) is 1. The minimum Gasteiger partial charge on any atom is -0.342 e. The normalized spacial score (nSPS) is 13.2. The molecule has 0 aliphatic rings. The fourth-order valence-corrected chi connectivity index (χ4v) is 2.51. The third-order valence-corrected chi connectivity index (χ3v) is 4.27. The zero-order chi connectivity index (χ0) is 15.5. The Balaban J connectivity index is 3.06. The number of amides is 1. The molecule has 1 aromatic rings. The Morgan fingerprint density at radius 1 is 1.45 bits per heavy atom. The Kier molecular flexibility index (Phi) is 5.35. The molecule has 0 saturated heterocycles. The largest absolute Gasteiger partial charge is 0.342 e. The van der Waals surface area contributed by atoms with Gasteiger partial charge in [0.15, 0.2) is 0 Å². The molecule has 0 spiro atoms. The van der Waals surface area contributed by atoms with Crippen LogP contribution in [0.4, 0.5) is 0 Å². The molecule has 20 heavy (non-hydrogen) atoms. The van der Waals surface area contributed by atoms with Gasteiger partial charge < -0.3 is 9.47 Å². The summed E-state index contributed by atoms with van der Waals surface area (Å²) in [6.07, 6.45) is 2.38. The highest BCUT2D eigenvalue weighted by Crippen LogP contribution is 2.15. The summed E-state index contributed by atoms with van der Waals surface area (Å²) in [6.45, 7) is 7.12. The van der Waals surface area contributed by atoms with Crippen molar-refractivity contribution in [3.8, 4) is 0 Å². The van der Waals surface area contributed by atoms with Gasteiger partial charge in [0.25, 0.3) is 5.91 Å². The van der Waals surface area contributed by atoms with E-state index in [1.807, 2.05) is 6.92 Å². The highest BCUT2D eigenvalue weighted by Gasteiger charge is 2.21. The van der Waals surface area contributed by atoms with Gasteiger partial charge in [0, 0.05) is 26.3 Å². The molecule has 2 N–H and O–H groups in total. The Bertz CT molecular complexity index is 578. The second-order valence-electron chi connectivity index (χ2n) is 5.09. The van der Waals surface area contributed by atoms with E-state index in [4.69, 9.17) is 5.14 Å². The Morgan fingerprint density at radius 2 is 2.05 bits per heavy atom. The lowest BCUT2D eigenvalue weighted by atomic mass is 10.1. The highest BCUT2D eigenvalue weighted by molar-refractivity contribution is 7.89. The molecule has 6 nitrogen and oxygen atoms in total. The van der Waals surface area contributed by atoms with E-state index in [9.17, 15) is 13.2 Å². The fourth-order valence-electron chi connectivity index (χ4n) is 1.95. The summed E-state index contributed by atoms with van der Waals surface area (Å²) in [6, 6.07) is 1.34. The van der Waals surface area contributed by atoms with Crippen molar-refractivity contribution in [1.82, 2.24) is 9.47 Å². The molecule has 1 aromatic heterocycles. The van der Waals surface area contributed by atoms with E-state index in [0.717, 1.165) is 6.42 Å². The van der Waals surface area contributed by atoms with Crippen molar-refractivity contribution < 1.29 is 13.2 Å². The van der Waals surface area contributed by atoms with Crippen LogP contribution >= 0.6 is 0 Å². The van der Waals surface area contributed by atoms with Crippen LogP contribution in [0.25, 0.3) is 0 Å². The van der Waals surface area contributed by atoms with Crippen LogP contribution in [0.1, 0.15) is 37.7 Å². The van der Waals surface area contributed by atoms with E-state index < -0.39 is 10.0 Å². The van der Waals surface area contributed by atoms with Crippen LogP contribution in [-0.4, -0.2) is 37.4 Å². The second kappa shape index (κ2) is 6.41. The molecule has 0 radical (unpaired) electrons. The molecular formula is C13H23N3O3S. The van der Waals surface area contributed by atoms with Crippen LogP contribution in [0.2, 0.25) is 0 Å². The lowest BCUT2D eigenvalue weighted by Gasteiger charge is -2.21. The molecule has 0 aromatic carbocycles. The van der Waals surface area contributed by atoms with Gasteiger partial charge in [0.1, 0.15) is 10.6 Å². The van der Waals surface area contributed by atoms with Gasteiger partial charge in [-0.25, -0.2) is 13.6 Å². The van der Waals surface area contributed by atoms with Crippen molar-refractivity contribution in [2.24, 2.45) is 11.1 Å². The molecule has 1 atom stereocenters. The van der Waals surface area contributed by atoms with E-state index in [1.165, 1.54) is 12.3 Å². The van der Waals surface area contributed by atoms with Crippen molar-refractivity contribution in [3.63, 3.8) is 0 Å². The molecule has 1 amide bonds. The first-order valence-corrected chi connectivity index (χ1v) is 8.23. The number of rotatable bonds is 6. The minimum atomic E-state index is -3.79. The van der Waals surface area contributed by atoms with E-state index in [0.29, 0.717) is 24.7 Å². The fraction of sp³-hybridized carbons (Fsp3) is 0.615. The van der Waals surface area contributed by atoms with Crippen molar-refractivity contribution >= 4 is 15.9 Å². The van der Waals surface area contributed by atoms with Crippen molar-refractivity contribution in [3.05, 3.63) is 18.0 Å². The maximum Gasteiger partial charge on any atom is 0.270 e. The van der Waals surface area contributed by atoms with Crippen LogP contribution in [0.3, 0.4) is 0 Å². The molecule has 0 aliphatic carbocycles. The first-order valence-electron chi connectivity index (χ1n) is 6.69. The number of nitrogens with two attached hydrogens (primary N) is 1. The summed E-state index contributed by atoms with van der Waals surface area (Å²) >= 11 is 0. The molecule has 0 aliphatic heterocycles. The first kappa shape index (κ1) is 16.7. The van der Waals surface area contributed by atoms with E-state index in [2.05, 4.69) is 13.8 Å². The molecule has 1 unspecified atom stereocenters. The van der Waals surface area contributed by atoms with Gasteiger partial charge in [-0.3, -0.25) is 4.79 Å². The Hall–Kier alpha value is -1.34. The monoisotopic (exact) mass is 301 g/mol. The van der Waals surface area contributed by atoms with Gasteiger partial charge >= 0.3 is 0 Å². The smallest absolute Gasteiger partial charge is 0.270 e. The van der Waals surface area contributed by atoms with Crippen molar-refractivity contribution in [1.29, 1.82) is 0 Å². The lowest BCUT2D eigenvalue weighted by Crippen LogP contribution is -2.32. The number of aryl methyl sites for hydroxylation is 1. The molecule has 114 valence electrons. The predicted molar refractivity (Wildman–Crippen MR) is 77.9 cm³/mol. The highest BCUT2D eigenvalue weighted by atomic mass is 32.2. The molecule has 0 saturated carbocycles. The van der Waals surface area contributed by atoms with Gasteiger partial charge in [-0.15, -0.1) is 0 Å². The van der Waals surface area contributed by atoms with Crippen LogP contribution in [0, 0.1) is 5.92 Å². The SMILES string of the molecule is CCC(C)CN(C)C(=O)c1cc(S(N)(=O)=O)cn1CC. The summed E-state index contributed by atoms with van der Waals surface area (Å²) in [5.74, 6) is 0.203. The third-order valence-electron chi connectivity index (χ3n) is 3.39. The van der Waals surface area contributed by atoms with Crippen LogP contribution < -0.4 is 5.14 Å². The van der Waals surface area contributed by atoms with Crippen LogP contribution in [0.15, 0.2) is 17.2 Å². The van der Waals surface area contributed by atoms with Gasteiger partial charge in [-0.05, 0) is 18.9 Å². The predicted octanol–water partition coefficient (Wildman–Crippen LogP) is 1.27. The molecule has 0 bridgehead atoms.